The highest BCUT2D eigenvalue weighted by Gasteiger charge is 2.07. The first kappa shape index (κ1) is 24.4. The van der Waals surface area contributed by atoms with Gasteiger partial charge in [-0.2, -0.15) is 0 Å². The minimum Gasteiger partial charge on any atom is -0.359 e. The number of benzene rings is 1. The highest BCUT2D eigenvalue weighted by molar-refractivity contribution is 14.0. The smallest absolute Gasteiger partial charge is 0.191 e. The first-order valence-corrected chi connectivity index (χ1v) is 9.78. The van der Waals surface area contributed by atoms with E-state index in [0.29, 0.717) is 12.5 Å². The monoisotopic (exact) mass is 499 g/mol. The molecule has 2 N–H and O–H groups in total. The highest BCUT2D eigenvalue weighted by atomic mass is 127. The number of hydrogen-bond donors (Lipinski definition) is 2. The zero-order valence-electron chi connectivity index (χ0n) is 17.4. The van der Waals surface area contributed by atoms with E-state index in [-0.39, 0.29) is 24.0 Å². The third kappa shape index (κ3) is 9.05. The molecule has 0 aliphatic carbocycles. The van der Waals surface area contributed by atoms with Crippen molar-refractivity contribution >= 4 is 29.9 Å². The molecule has 0 atom stereocenters. The molecule has 0 saturated heterocycles. The van der Waals surface area contributed by atoms with E-state index in [1.54, 1.807) is 0 Å². The van der Waals surface area contributed by atoms with E-state index in [4.69, 9.17) is 4.52 Å². The van der Waals surface area contributed by atoms with Crippen LogP contribution in [0, 0.1) is 0 Å². The summed E-state index contributed by atoms with van der Waals surface area (Å²) in [5, 5.41) is 10.7. The zero-order chi connectivity index (χ0) is 19.5. The average molecular weight is 499 g/mol. The maximum absolute atomic E-state index is 5.35. The van der Waals surface area contributed by atoms with Gasteiger partial charge >= 0.3 is 0 Å². The lowest BCUT2D eigenvalue weighted by Gasteiger charge is -2.17. The van der Waals surface area contributed by atoms with E-state index in [1.807, 2.05) is 6.07 Å². The first-order chi connectivity index (χ1) is 13.1. The van der Waals surface area contributed by atoms with E-state index in [0.717, 1.165) is 50.0 Å². The Morgan fingerprint density at radius 3 is 2.61 bits per heavy atom. The van der Waals surface area contributed by atoms with Crippen LogP contribution in [-0.2, 0) is 13.1 Å². The number of halogens is 1. The fraction of sp³-hybridized carbons (Fsp3) is 0.524. The summed E-state index contributed by atoms with van der Waals surface area (Å²) in [5.41, 5.74) is 2.32. The van der Waals surface area contributed by atoms with Crippen LogP contribution in [0.1, 0.15) is 50.1 Å². The van der Waals surface area contributed by atoms with E-state index < -0.39 is 0 Å². The lowest BCUT2D eigenvalue weighted by molar-refractivity contribution is 0.322. The summed E-state index contributed by atoms with van der Waals surface area (Å²) in [6, 6.07) is 12.5. The van der Waals surface area contributed by atoms with E-state index in [9.17, 15) is 0 Å². The van der Waals surface area contributed by atoms with E-state index in [2.05, 4.69) is 83.8 Å². The van der Waals surface area contributed by atoms with Crippen LogP contribution in [0.4, 0.5) is 0 Å². The molecule has 7 heteroatoms. The minimum absolute atomic E-state index is 0. The van der Waals surface area contributed by atoms with E-state index >= 15 is 0 Å². The van der Waals surface area contributed by atoms with Crippen molar-refractivity contribution in [3.63, 3.8) is 0 Å². The molecule has 28 heavy (non-hydrogen) atoms. The molecule has 0 spiro atoms. The number of aliphatic imine (C=N–C) groups is 1. The Hall–Kier alpha value is -1.61. The summed E-state index contributed by atoms with van der Waals surface area (Å²) in [5.74, 6) is 1.97. The second kappa shape index (κ2) is 13.5. The molecule has 0 unspecified atom stereocenters. The Bertz CT molecular complexity index is 687. The normalized spacial score (nSPS) is 11.6. The molecule has 0 aliphatic rings. The lowest BCUT2D eigenvalue weighted by Crippen LogP contribution is -2.38. The summed E-state index contributed by atoms with van der Waals surface area (Å²) in [7, 11) is 2.16. The lowest BCUT2D eigenvalue weighted by atomic mass is 10.1. The molecular formula is C21H34IN5O. The van der Waals surface area contributed by atoms with Crippen molar-refractivity contribution in [2.45, 2.75) is 46.2 Å². The van der Waals surface area contributed by atoms with Gasteiger partial charge in [0.2, 0.25) is 0 Å². The molecule has 0 saturated carbocycles. The molecule has 156 valence electrons. The Labute approximate surface area is 186 Å². The fourth-order valence-corrected chi connectivity index (χ4v) is 2.70. The maximum atomic E-state index is 5.35. The van der Waals surface area contributed by atoms with Crippen molar-refractivity contribution in [1.29, 1.82) is 0 Å². The topological polar surface area (TPSA) is 65.7 Å². The summed E-state index contributed by atoms with van der Waals surface area (Å²) < 4.78 is 5.35. The number of nitrogens with zero attached hydrogens (tertiary/aromatic N) is 3. The number of guanidine groups is 1. The summed E-state index contributed by atoms with van der Waals surface area (Å²) in [6.45, 7) is 10.5. The first-order valence-electron chi connectivity index (χ1n) is 9.78. The van der Waals surface area contributed by atoms with Crippen molar-refractivity contribution in [3.8, 4) is 0 Å². The molecule has 0 amide bonds. The van der Waals surface area contributed by atoms with Crippen LogP contribution in [0.2, 0.25) is 0 Å². The SMILES string of the molecule is CCNC(=NCc1cc(C(C)C)no1)NCCCN(C)Cc1ccccc1.I. The standard InChI is InChI=1S/C21H33N5O.HI/c1-5-22-21(24-15-19-14-20(17(2)3)25-27-19)23-12-9-13-26(4)16-18-10-7-6-8-11-18;/h6-8,10-11,14,17H,5,9,12-13,15-16H2,1-4H3,(H2,22,23,24);1H. The molecule has 1 heterocycles. The maximum Gasteiger partial charge on any atom is 0.191 e. The van der Waals surface area contributed by atoms with Crippen molar-refractivity contribution in [1.82, 2.24) is 20.7 Å². The van der Waals surface area contributed by atoms with Crippen molar-refractivity contribution in [2.24, 2.45) is 4.99 Å². The largest absolute Gasteiger partial charge is 0.359 e. The van der Waals surface area contributed by atoms with Crippen LogP contribution >= 0.6 is 24.0 Å². The summed E-state index contributed by atoms with van der Waals surface area (Å²) in [4.78, 5) is 6.92. The third-order valence-corrected chi connectivity index (χ3v) is 4.21. The van der Waals surface area contributed by atoms with Crippen molar-refractivity contribution in [2.75, 3.05) is 26.7 Å². The zero-order valence-corrected chi connectivity index (χ0v) is 19.8. The van der Waals surface area contributed by atoms with E-state index in [1.165, 1.54) is 5.56 Å². The van der Waals surface area contributed by atoms with Crippen LogP contribution in [-0.4, -0.2) is 42.7 Å². The van der Waals surface area contributed by atoms with Gasteiger partial charge in [-0.3, -0.25) is 0 Å². The van der Waals surface area contributed by atoms with Gasteiger partial charge in [0, 0.05) is 25.7 Å². The number of rotatable bonds is 10. The molecule has 1 aromatic heterocycles. The van der Waals surface area contributed by atoms with Gasteiger partial charge in [-0.1, -0.05) is 49.3 Å². The molecule has 0 radical (unpaired) electrons. The molecule has 2 rings (SSSR count). The van der Waals surface area contributed by atoms with Gasteiger partial charge in [-0.25, -0.2) is 4.99 Å². The molecule has 0 bridgehead atoms. The van der Waals surface area contributed by atoms with Crippen LogP contribution in [0.5, 0.6) is 0 Å². The highest BCUT2D eigenvalue weighted by Crippen LogP contribution is 2.14. The van der Waals surface area contributed by atoms with Crippen molar-refractivity contribution < 1.29 is 4.52 Å². The van der Waals surface area contributed by atoms with Gasteiger partial charge in [0.25, 0.3) is 0 Å². The molecule has 2 aromatic rings. The number of aromatic nitrogens is 1. The van der Waals surface area contributed by atoms with Gasteiger partial charge in [0.15, 0.2) is 11.7 Å². The molecule has 0 aliphatic heterocycles. The van der Waals surface area contributed by atoms with Crippen LogP contribution < -0.4 is 10.6 Å². The quantitative estimate of drug-likeness (QED) is 0.224. The molecule has 6 nitrogen and oxygen atoms in total. The molecular weight excluding hydrogens is 465 g/mol. The second-order valence-electron chi connectivity index (χ2n) is 7.07. The van der Waals surface area contributed by atoms with Gasteiger partial charge in [0.05, 0.1) is 5.69 Å². The molecule has 1 aromatic carbocycles. The second-order valence-corrected chi connectivity index (χ2v) is 7.07. The van der Waals surface area contributed by atoms with Crippen LogP contribution in [0.3, 0.4) is 0 Å². The van der Waals surface area contributed by atoms with Crippen molar-refractivity contribution in [3.05, 3.63) is 53.4 Å². The fourth-order valence-electron chi connectivity index (χ4n) is 2.70. The van der Waals surface area contributed by atoms with Gasteiger partial charge in [-0.05, 0) is 38.4 Å². The number of nitrogens with one attached hydrogen (secondary N) is 2. The Balaban J connectivity index is 0.00000392. The predicted molar refractivity (Wildman–Crippen MR) is 126 cm³/mol. The Morgan fingerprint density at radius 1 is 1.21 bits per heavy atom. The molecule has 0 fully saturated rings. The van der Waals surface area contributed by atoms with Crippen LogP contribution in [0.25, 0.3) is 0 Å². The minimum atomic E-state index is 0. The third-order valence-electron chi connectivity index (χ3n) is 4.21. The van der Waals surface area contributed by atoms with Gasteiger partial charge in [0.1, 0.15) is 6.54 Å². The Kier molecular flexibility index (Phi) is 11.8. The Morgan fingerprint density at radius 2 is 1.96 bits per heavy atom. The summed E-state index contributed by atoms with van der Waals surface area (Å²) >= 11 is 0. The average Bonchev–Trinajstić information content (AvgIpc) is 3.13. The van der Waals surface area contributed by atoms with Gasteiger partial charge < -0.3 is 20.1 Å². The number of hydrogen-bond acceptors (Lipinski definition) is 4. The van der Waals surface area contributed by atoms with Crippen LogP contribution in [0.15, 0.2) is 45.9 Å². The van der Waals surface area contributed by atoms with Gasteiger partial charge in [-0.15, -0.1) is 24.0 Å². The predicted octanol–water partition coefficient (Wildman–Crippen LogP) is 3.99. The summed E-state index contributed by atoms with van der Waals surface area (Å²) in [6.07, 6.45) is 1.05.